The first-order chi connectivity index (χ1) is 9.29. The Labute approximate surface area is 126 Å². The number of aromatic nitrogens is 2. The highest BCUT2D eigenvalue weighted by molar-refractivity contribution is 14.1. The molecule has 0 saturated heterocycles. The fourth-order valence-corrected chi connectivity index (χ4v) is 2.20. The third-order valence-electron chi connectivity index (χ3n) is 2.80. The van der Waals surface area contributed by atoms with E-state index in [1.54, 1.807) is 13.0 Å². The molecule has 0 N–H and O–H groups in total. The van der Waals surface area contributed by atoms with E-state index in [0.29, 0.717) is 15.0 Å². The Hall–Kier alpha value is -1.38. The first-order valence-electron chi connectivity index (χ1n) is 5.67. The summed E-state index contributed by atoms with van der Waals surface area (Å²) in [4.78, 5) is 16.0. The molecule has 0 aliphatic heterocycles. The van der Waals surface area contributed by atoms with Gasteiger partial charge in [0.25, 0.3) is 5.56 Å². The second-order valence-electron chi connectivity index (χ2n) is 4.24. The van der Waals surface area contributed by atoms with Gasteiger partial charge in [-0.05, 0) is 47.2 Å². The molecule has 0 bridgehead atoms. The fourth-order valence-electron chi connectivity index (χ4n) is 1.77. The van der Waals surface area contributed by atoms with E-state index in [9.17, 15) is 18.0 Å². The number of aryl methyl sites for hydroxylation is 1. The van der Waals surface area contributed by atoms with E-state index in [-0.39, 0.29) is 12.1 Å². The molecule has 0 aliphatic rings. The van der Waals surface area contributed by atoms with E-state index in [2.05, 4.69) is 4.98 Å². The summed E-state index contributed by atoms with van der Waals surface area (Å²) in [5.41, 5.74) is -0.566. The molecular formula is C13H10F3IN2O. The van der Waals surface area contributed by atoms with Crippen LogP contribution in [0.3, 0.4) is 0 Å². The SMILES string of the molecule is Cc1ncc(I)c(=O)n1Cc1cccc(C(F)(F)F)c1. The Morgan fingerprint density at radius 1 is 1.35 bits per heavy atom. The summed E-state index contributed by atoms with van der Waals surface area (Å²) < 4.78 is 39.7. The minimum Gasteiger partial charge on any atom is -0.292 e. The van der Waals surface area contributed by atoms with Crippen molar-refractivity contribution in [3.8, 4) is 0 Å². The summed E-state index contributed by atoms with van der Waals surface area (Å²) in [5.74, 6) is 0.466. The number of rotatable bonds is 2. The molecule has 0 saturated carbocycles. The predicted octanol–water partition coefficient (Wildman–Crippen LogP) is 3.22. The van der Waals surface area contributed by atoms with Crippen molar-refractivity contribution in [3.63, 3.8) is 0 Å². The maximum Gasteiger partial charge on any atom is 0.416 e. The van der Waals surface area contributed by atoms with Gasteiger partial charge in [-0.15, -0.1) is 0 Å². The number of alkyl halides is 3. The van der Waals surface area contributed by atoms with Crippen LogP contribution in [0.15, 0.2) is 35.3 Å². The minimum atomic E-state index is -4.39. The van der Waals surface area contributed by atoms with Crippen LogP contribution < -0.4 is 5.56 Å². The zero-order chi connectivity index (χ0) is 14.9. The van der Waals surface area contributed by atoms with Crippen molar-refractivity contribution in [1.29, 1.82) is 0 Å². The molecular weight excluding hydrogens is 384 g/mol. The van der Waals surface area contributed by atoms with Crippen molar-refractivity contribution in [2.45, 2.75) is 19.6 Å². The topological polar surface area (TPSA) is 34.9 Å². The van der Waals surface area contributed by atoms with E-state index in [0.717, 1.165) is 12.1 Å². The van der Waals surface area contributed by atoms with Crippen LogP contribution >= 0.6 is 22.6 Å². The monoisotopic (exact) mass is 394 g/mol. The molecule has 1 aromatic heterocycles. The lowest BCUT2D eigenvalue weighted by atomic mass is 10.1. The molecule has 0 atom stereocenters. The van der Waals surface area contributed by atoms with E-state index < -0.39 is 11.7 Å². The van der Waals surface area contributed by atoms with Crippen LogP contribution in [0.4, 0.5) is 13.2 Å². The summed E-state index contributed by atoms with van der Waals surface area (Å²) >= 11 is 1.85. The first-order valence-corrected chi connectivity index (χ1v) is 6.75. The minimum absolute atomic E-state index is 0.0679. The third-order valence-corrected chi connectivity index (χ3v) is 3.54. The van der Waals surface area contributed by atoms with Crippen molar-refractivity contribution in [3.05, 3.63) is 61.3 Å². The molecule has 2 aromatic rings. The van der Waals surface area contributed by atoms with Crippen molar-refractivity contribution >= 4 is 22.6 Å². The molecule has 1 heterocycles. The molecule has 0 spiro atoms. The normalized spacial score (nSPS) is 11.7. The first kappa shape index (κ1) is 15.0. The van der Waals surface area contributed by atoms with Gasteiger partial charge in [-0.2, -0.15) is 13.2 Å². The second kappa shape index (κ2) is 5.55. The Bertz CT molecular complexity index is 695. The van der Waals surface area contributed by atoms with Gasteiger partial charge in [0.15, 0.2) is 0 Å². The number of nitrogens with zero attached hydrogens (tertiary/aromatic N) is 2. The van der Waals surface area contributed by atoms with Crippen LogP contribution in [0.1, 0.15) is 17.0 Å². The smallest absolute Gasteiger partial charge is 0.292 e. The van der Waals surface area contributed by atoms with E-state index >= 15 is 0 Å². The van der Waals surface area contributed by atoms with Gasteiger partial charge in [-0.3, -0.25) is 9.36 Å². The van der Waals surface area contributed by atoms with Crippen LogP contribution in [0.5, 0.6) is 0 Å². The summed E-state index contributed by atoms with van der Waals surface area (Å²) in [6, 6.07) is 4.94. The molecule has 0 radical (unpaired) electrons. The Morgan fingerprint density at radius 2 is 2.05 bits per heavy atom. The Balaban J connectivity index is 2.41. The second-order valence-corrected chi connectivity index (χ2v) is 5.40. The Morgan fingerprint density at radius 3 is 2.70 bits per heavy atom. The van der Waals surface area contributed by atoms with Gasteiger partial charge in [-0.25, -0.2) is 4.98 Å². The van der Waals surface area contributed by atoms with Crippen LogP contribution in [0.25, 0.3) is 0 Å². The predicted molar refractivity (Wildman–Crippen MR) is 76.5 cm³/mol. The maximum atomic E-state index is 12.6. The van der Waals surface area contributed by atoms with Gasteiger partial charge in [0.05, 0.1) is 15.7 Å². The highest BCUT2D eigenvalue weighted by Gasteiger charge is 2.30. The van der Waals surface area contributed by atoms with Crippen molar-refractivity contribution in [2.75, 3.05) is 0 Å². The van der Waals surface area contributed by atoms with Gasteiger partial charge in [0.2, 0.25) is 0 Å². The average Bonchev–Trinajstić information content (AvgIpc) is 2.39. The standard InChI is InChI=1S/C13H10F3IN2O/c1-8-18-6-11(17)12(20)19(8)7-9-3-2-4-10(5-9)13(14,15)16/h2-6H,7H2,1H3. The molecule has 106 valence electrons. The van der Waals surface area contributed by atoms with Gasteiger partial charge in [-0.1, -0.05) is 12.1 Å². The van der Waals surface area contributed by atoms with Crippen LogP contribution in [-0.4, -0.2) is 9.55 Å². The van der Waals surface area contributed by atoms with Gasteiger partial charge >= 0.3 is 6.18 Å². The molecule has 1 aromatic carbocycles. The summed E-state index contributed by atoms with van der Waals surface area (Å²) in [7, 11) is 0. The fraction of sp³-hybridized carbons (Fsp3) is 0.231. The van der Waals surface area contributed by atoms with Gasteiger partial charge < -0.3 is 0 Å². The maximum absolute atomic E-state index is 12.6. The molecule has 2 rings (SSSR count). The largest absolute Gasteiger partial charge is 0.416 e. The average molecular weight is 394 g/mol. The lowest BCUT2D eigenvalue weighted by Gasteiger charge is -2.12. The highest BCUT2D eigenvalue weighted by Crippen LogP contribution is 2.29. The number of benzene rings is 1. The molecule has 0 aliphatic carbocycles. The lowest BCUT2D eigenvalue weighted by Crippen LogP contribution is -2.26. The molecule has 7 heteroatoms. The molecule has 0 unspecified atom stereocenters. The quantitative estimate of drug-likeness (QED) is 0.734. The van der Waals surface area contributed by atoms with Crippen LogP contribution in [0.2, 0.25) is 0 Å². The number of halogens is 4. The summed E-state index contributed by atoms with van der Waals surface area (Å²) in [6.07, 6.45) is -2.94. The third kappa shape index (κ3) is 3.20. The van der Waals surface area contributed by atoms with E-state index in [4.69, 9.17) is 0 Å². The summed E-state index contributed by atoms with van der Waals surface area (Å²) in [5, 5.41) is 0. The molecule has 20 heavy (non-hydrogen) atoms. The Kier molecular flexibility index (Phi) is 4.17. The van der Waals surface area contributed by atoms with Crippen LogP contribution in [-0.2, 0) is 12.7 Å². The lowest BCUT2D eigenvalue weighted by molar-refractivity contribution is -0.137. The van der Waals surface area contributed by atoms with Crippen molar-refractivity contribution in [2.24, 2.45) is 0 Å². The van der Waals surface area contributed by atoms with E-state index in [1.165, 1.54) is 16.8 Å². The number of hydrogen-bond donors (Lipinski definition) is 0. The highest BCUT2D eigenvalue weighted by atomic mass is 127. The zero-order valence-electron chi connectivity index (χ0n) is 10.4. The number of hydrogen-bond acceptors (Lipinski definition) is 2. The zero-order valence-corrected chi connectivity index (χ0v) is 12.6. The summed E-state index contributed by atoms with van der Waals surface area (Å²) in [6.45, 7) is 1.71. The molecule has 0 fully saturated rings. The van der Waals surface area contributed by atoms with E-state index in [1.807, 2.05) is 22.6 Å². The van der Waals surface area contributed by atoms with Crippen molar-refractivity contribution in [1.82, 2.24) is 9.55 Å². The van der Waals surface area contributed by atoms with Crippen molar-refractivity contribution < 1.29 is 13.2 Å². The van der Waals surface area contributed by atoms with Gasteiger partial charge in [0.1, 0.15) is 5.82 Å². The van der Waals surface area contributed by atoms with Crippen LogP contribution in [0, 0.1) is 10.5 Å². The van der Waals surface area contributed by atoms with Gasteiger partial charge in [0, 0.05) is 6.20 Å². The molecule has 3 nitrogen and oxygen atoms in total. The molecule has 0 amide bonds.